The van der Waals surface area contributed by atoms with Crippen LogP contribution in [0.4, 0.5) is 11.5 Å². The quantitative estimate of drug-likeness (QED) is 0.901. The van der Waals surface area contributed by atoms with Crippen molar-refractivity contribution in [1.82, 2.24) is 4.98 Å². The van der Waals surface area contributed by atoms with Crippen molar-refractivity contribution in [3.05, 3.63) is 53.2 Å². The van der Waals surface area contributed by atoms with Crippen molar-refractivity contribution in [2.75, 3.05) is 10.6 Å². The lowest BCUT2D eigenvalue weighted by molar-refractivity contribution is 0.102. The van der Waals surface area contributed by atoms with Crippen molar-refractivity contribution >= 4 is 17.4 Å². The highest BCUT2D eigenvalue weighted by atomic mass is 16.1. The van der Waals surface area contributed by atoms with Crippen molar-refractivity contribution < 1.29 is 4.79 Å². The fourth-order valence-electron chi connectivity index (χ4n) is 2.15. The van der Waals surface area contributed by atoms with E-state index in [0.717, 1.165) is 22.6 Å². The van der Waals surface area contributed by atoms with Gasteiger partial charge in [-0.05, 0) is 56.0 Å². The number of hydrogen-bond donors (Lipinski definition) is 2. The summed E-state index contributed by atoms with van der Waals surface area (Å²) in [6, 6.07) is 11.9. The molecule has 21 heavy (non-hydrogen) atoms. The molecule has 0 radical (unpaired) electrons. The van der Waals surface area contributed by atoms with Crippen LogP contribution >= 0.6 is 0 Å². The van der Waals surface area contributed by atoms with E-state index in [0.29, 0.717) is 11.7 Å². The van der Waals surface area contributed by atoms with E-state index in [9.17, 15) is 4.79 Å². The van der Waals surface area contributed by atoms with Crippen LogP contribution in [0.3, 0.4) is 0 Å². The number of anilines is 2. The lowest BCUT2D eigenvalue weighted by atomic mass is 10.1. The number of benzene rings is 1. The van der Waals surface area contributed by atoms with E-state index in [1.807, 2.05) is 44.2 Å². The van der Waals surface area contributed by atoms with E-state index in [1.54, 1.807) is 6.07 Å². The molecular weight excluding hydrogens is 262 g/mol. The molecule has 108 valence electrons. The van der Waals surface area contributed by atoms with Crippen LogP contribution in [-0.4, -0.2) is 16.9 Å². The number of amides is 1. The number of nitrogens with one attached hydrogen (secondary N) is 2. The van der Waals surface area contributed by atoms with Crippen LogP contribution in [-0.2, 0) is 0 Å². The second kappa shape index (κ2) is 5.56. The number of carbonyl (C=O) groups is 1. The Hall–Kier alpha value is -2.36. The zero-order valence-electron chi connectivity index (χ0n) is 12.3. The molecule has 0 atom stereocenters. The Kier molecular flexibility index (Phi) is 3.60. The van der Waals surface area contributed by atoms with Crippen molar-refractivity contribution in [2.45, 2.75) is 32.7 Å². The summed E-state index contributed by atoms with van der Waals surface area (Å²) in [5.74, 6) is 0.592. The van der Waals surface area contributed by atoms with Gasteiger partial charge in [0, 0.05) is 11.7 Å². The molecule has 4 nitrogen and oxygen atoms in total. The van der Waals surface area contributed by atoms with Gasteiger partial charge in [-0.3, -0.25) is 4.79 Å². The van der Waals surface area contributed by atoms with Crippen LogP contribution in [0, 0.1) is 13.8 Å². The van der Waals surface area contributed by atoms with Gasteiger partial charge in [0.05, 0.1) is 0 Å². The summed E-state index contributed by atoms with van der Waals surface area (Å²) in [6.45, 7) is 4.03. The van der Waals surface area contributed by atoms with Crippen LogP contribution in [0.25, 0.3) is 0 Å². The molecule has 0 bridgehead atoms. The summed E-state index contributed by atoms with van der Waals surface area (Å²) >= 11 is 0. The third kappa shape index (κ3) is 3.21. The summed E-state index contributed by atoms with van der Waals surface area (Å²) in [6.07, 6.45) is 2.36. The van der Waals surface area contributed by atoms with E-state index >= 15 is 0 Å². The first-order chi connectivity index (χ1) is 10.1. The van der Waals surface area contributed by atoms with Gasteiger partial charge in [0.1, 0.15) is 11.5 Å². The van der Waals surface area contributed by atoms with Crippen molar-refractivity contribution in [3.8, 4) is 0 Å². The first-order valence-electron chi connectivity index (χ1n) is 7.24. The summed E-state index contributed by atoms with van der Waals surface area (Å²) in [5, 5.41) is 6.24. The smallest absolute Gasteiger partial charge is 0.274 e. The van der Waals surface area contributed by atoms with Crippen LogP contribution in [0.5, 0.6) is 0 Å². The maximum Gasteiger partial charge on any atom is 0.274 e. The summed E-state index contributed by atoms with van der Waals surface area (Å²) < 4.78 is 0. The third-order valence-electron chi connectivity index (χ3n) is 3.76. The molecule has 1 aliphatic rings. The lowest BCUT2D eigenvalue weighted by Gasteiger charge is -2.11. The molecule has 1 saturated carbocycles. The summed E-state index contributed by atoms with van der Waals surface area (Å²) in [7, 11) is 0. The Bertz CT molecular complexity index is 677. The van der Waals surface area contributed by atoms with Crippen molar-refractivity contribution in [3.63, 3.8) is 0 Å². The number of rotatable bonds is 4. The molecule has 1 aromatic carbocycles. The average molecular weight is 281 g/mol. The van der Waals surface area contributed by atoms with E-state index in [4.69, 9.17) is 0 Å². The standard InChI is InChI=1S/C17H19N3O/c1-11-5-3-6-14(12(11)2)20-17(21)15-7-4-8-16(19-15)18-13-9-10-13/h3-8,13H,9-10H2,1-2H3,(H,18,19)(H,20,21). The minimum absolute atomic E-state index is 0.178. The molecule has 1 aliphatic carbocycles. The molecule has 1 heterocycles. The van der Waals surface area contributed by atoms with Crippen LogP contribution in [0.15, 0.2) is 36.4 Å². The molecule has 4 heteroatoms. The first-order valence-corrected chi connectivity index (χ1v) is 7.24. The first kappa shape index (κ1) is 13.6. The highest BCUT2D eigenvalue weighted by molar-refractivity contribution is 6.03. The van der Waals surface area contributed by atoms with Gasteiger partial charge in [0.2, 0.25) is 0 Å². The zero-order chi connectivity index (χ0) is 14.8. The Labute approximate surface area is 124 Å². The van der Waals surface area contributed by atoms with Gasteiger partial charge in [-0.15, -0.1) is 0 Å². The molecule has 1 aromatic heterocycles. The monoisotopic (exact) mass is 281 g/mol. The van der Waals surface area contributed by atoms with Crippen LogP contribution < -0.4 is 10.6 Å². The third-order valence-corrected chi connectivity index (χ3v) is 3.76. The largest absolute Gasteiger partial charge is 0.367 e. The lowest BCUT2D eigenvalue weighted by Crippen LogP contribution is -2.15. The topological polar surface area (TPSA) is 54.0 Å². The summed E-state index contributed by atoms with van der Waals surface area (Å²) in [4.78, 5) is 16.7. The number of nitrogens with zero attached hydrogens (tertiary/aromatic N) is 1. The maximum absolute atomic E-state index is 12.3. The molecule has 0 unspecified atom stereocenters. The number of hydrogen-bond acceptors (Lipinski definition) is 3. The van der Waals surface area contributed by atoms with Gasteiger partial charge in [0.25, 0.3) is 5.91 Å². The Morgan fingerprint density at radius 2 is 1.90 bits per heavy atom. The van der Waals surface area contributed by atoms with Gasteiger partial charge in [-0.2, -0.15) is 0 Å². The number of aryl methyl sites for hydroxylation is 1. The normalized spacial score (nSPS) is 13.8. The van der Waals surface area contributed by atoms with Gasteiger partial charge < -0.3 is 10.6 Å². The highest BCUT2D eigenvalue weighted by Gasteiger charge is 2.21. The van der Waals surface area contributed by atoms with Crippen molar-refractivity contribution in [1.29, 1.82) is 0 Å². The summed E-state index contributed by atoms with van der Waals surface area (Å²) in [5.41, 5.74) is 3.51. The van der Waals surface area contributed by atoms with Crippen molar-refractivity contribution in [2.24, 2.45) is 0 Å². The van der Waals surface area contributed by atoms with Gasteiger partial charge >= 0.3 is 0 Å². The number of aromatic nitrogens is 1. The predicted molar refractivity (Wildman–Crippen MR) is 84.8 cm³/mol. The molecular formula is C17H19N3O. The van der Waals surface area contributed by atoms with E-state index in [-0.39, 0.29) is 5.91 Å². The predicted octanol–water partition coefficient (Wildman–Crippen LogP) is 3.53. The molecule has 0 saturated heterocycles. The van der Waals surface area contributed by atoms with Gasteiger partial charge in [-0.1, -0.05) is 18.2 Å². The molecule has 0 aliphatic heterocycles. The second-order valence-electron chi connectivity index (χ2n) is 5.53. The minimum Gasteiger partial charge on any atom is -0.367 e. The number of pyridine rings is 1. The molecule has 3 rings (SSSR count). The molecule has 2 N–H and O–H groups in total. The van der Waals surface area contributed by atoms with Crippen LogP contribution in [0.1, 0.15) is 34.5 Å². The second-order valence-corrected chi connectivity index (χ2v) is 5.53. The highest BCUT2D eigenvalue weighted by Crippen LogP contribution is 2.24. The molecule has 1 amide bonds. The van der Waals surface area contributed by atoms with Gasteiger partial charge in [-0.25, -0.2) is 4.98 Å². The Morgan fingerprint density at radius 3 is 2.67 bits per heavy atom. The Balaban J connectivity index is 1.76. The Morgan fingerprint density at radius 1 is 1.14 bits per heavy atom. The fraction of sp³-hybridized carbons (Fsp3) is 0.294. The average Bonchev–Trinajstić information content (AvgIpc) is 3.28. The maximum atomic E-state index is 12.3. The SMILES string of the molecule is Cc1cccc(NC(=O)c2cccc(NC3CC3)n2)c1C. The molecule has 0 spiro atoms. The molecule has 1 fully saturated rings. The van der Waals surface area contributed by atoms with Crippen LogP contribution in [0.2, 0.25) is 0 Å². The van der Waals surface area contributed by atoms with E-state index < -0.39 is 0 Å². The van der Waals surface area contributed by atoms with Gasteiger partial charge in [0.15, 0.2) is 0 Å². The van der Waals surface area contributed by atoms with E-state index in [1.165, 1.54) is 12.8 Å². The number of carbonyl (C=O) groups excluding carboxylic acids is 1. The molecule has 2 aromatic rings. The zero-order valence-corrected chi connectivity index (χ0v) is 12.3. The fourth-order valence-corrected chi connectivity index (χ4v) is 2.15. The van der Waals surface area contributed by atoms with E-state index in [2.05, 4.69) is 15.6 Å². The minimum atomic E-state index is -0.178.